The highest BCUT2D eigenvalue weighted by molar-refractivity contribution is 8.03. The van der Waals surface area contributed by atoms with E-state index < -0.39 is 5.92 Å². The Hall–Kier alpha value is -2.69. The van der Waals surface area contributed by atoms with E-state index in [0.717, 1.165) is 27.8 Å². The van der Waals surface area contributed by atoms with Crippen LogP contribution in [0.5, 0.6) is 5.75 Å². The number of benzene rings is 1. The lowest BCUT2D eigenvalue weighted by Gasteiger charge is -2.29. The first-order chi connectivity index (χ1) is 15.6. The number of anilines is 1. The summed E-state index contributed by atoms with van der Waals surface area (Å²) >= 11 is 3.24. The SMILES string of the molecule is CCCCCCSC1=C(C#N)[C@H](c2cccs2)C(C(=O)Nc2ccccc2OC)=C(C)N1. The summed E-state index contributed by atoms with van der Waals surface area (Å²) in [5.41, 5.74) is 2.53. The van der Waals surface area contributed by atoms with E-state index in [2.05, 4.69) is 23.6 Å². The molecule has 0 saturated carbocycles. The quantitative estimate of drug-likeness (QED) is 0.395. The van der Waals surface area contributed by atoms with Crippen LogP contribution in [0.1, 0.15) is 50.3 Å². The van der Waals surface area contributed by atoms with E-state index in [0.29, 0.717) is 22.6 Å². The number of nitriles is 1. The standard InChI is InChI=1S/C25H29N3O2S2/c1-4-5-6-9-14-32-25-18(16-26)23(21-13-10-15-31-21)22(17(2)27-25)24(29)28-19-11-7-8-12-20(19)30-3/h7-8,10-13,15,23,27H,4-6,9,14H2,1-3H3,(H,28,29)/t23-/m1/s1. The van der Waals surface area contributed by atoms with Gasteiger partial charge in [0.2, 0.25) is 0 Å². The second kappa shape index (κ2) is 11.8. The van der Waals surface area contributed by atoms with Gasteiger partial charge in [0.05, 0.1) is 35.4 Å². The maximum absolute atomic E-state index is 13.5. The number of carbonyl (C=O) groups is 1. The van der Waals surface area contributed by atoms with E-state index in [1.165, 1.54) is 19.3 Å². The largest absolute Gasteiger partial charge is 0.495 e. The molecule has 7 heteroatoms. The molecule has 1 aliphatic rings. The van der Waals surface area contributed by atoms with Crippen LogP contribution >= 0.6 is 23.1 Å². The van der Waals surface area contributed by atoms with Gasteiger partial charge in [-0.25, -0.2) is 0 Å². The second-order valence-corrected chi connectivity index (χ2v) is 9.61. The van der Waals surface area contributed by atoms with Gasteiger partial charge < -0.3 is 15.4 Å². The van der Waals surface area contributed by atoms with Crippen LogP contribution in [0, 0.1) is 11.3 Å². The van der Waals surface area contributed by atoms with Crippen molar-refractivity contribution in [2.24, 2.45) is 0 Å². The molecule has 0 unspecified atom stereocenters. The smallest absolute Gasteiger partial charge is 0.254 e. The number of para-hydroxylation sites is 2. The third kappa shape index (κ3) is 5.56. The second-order valence-electron chi connectivity index (χ2n) is 7.53. The number of thioether (sulfide) groups is 1. The van der Waals surface area contributed by atoms with Crippen molar-refractivity contribution in [3.8, 4) is 11.8 Å². The molecule has 2 heterocycles. The van der Waals surface area contributed by atoms with Crippen molar-refractivity contribution in [2.45, 2.75) is 45.4 Å². The molecule has 2 N–H and O–H groups in total. The molecule has 1 aromatic heterocycles. The topological polar surface area (TPSA) is 74.2 Å². The lowest BCUT2D eigenvalue weighted by molar-refractivity contribution is -0.113. The normalized spacial score (nSPS) is 15.9. The molecule has 0 saturated heterocycles. The Labute approximate surface area is 198 Å². The van der Waals surface area contributed by atoms with Gasteiger partial charge in [-0.05, 0) is 42.7 Å². The van der Waals surface area contributed by atoms with E-state index >= 15 is 0 Å². The fraction of sp³-hybridized carbons (Fsp3) is 0.360. The number of thiophene rings is 1. The number of dihydropyridines is 1. The molecular weight excluding hydrogens is 438 g/mol. The third-order valence-electron chi connectivity index (χ3n) is 5.32. The van der Waals surface area contributed by atoms with Crippen LogP contribution in [0.3, 0.4) is 0 Å². The zero-order chi connectivity index (χ0) is 22.9. The summed E-state index contributed by atoms with van der Waals surface area (Å²) in [6.45, 7) is 4.10. The molecule has 0 radical (unpaired) electrons. The number of nitrogens with zero attached hydrogens (tertiary/aromatic N) is 1. The average Bonchev–Trinajstić information content (AvgIpc) is 3.33. The summed E-state index contributed by atoms with van der Waals surface area (Å²) in [5, 5.41) is 19.3. The molecule has 32 heavy (non-hydrogen) atoms. The molecule has 0 bridgehead atoms. The number of rotatable bonds is 10. The fourth-order valence-corrected chi connectivity index (χ4v) is 5.65. The maximum Gasteiger partial charge on any atom is 0.254 e. The van der Waals surface area contributed by atoms with Gasteiger partial charge in [-0.2, -0.15) is 5.26 Å². The van der Waals surface area contributed by atoms with Crippen molar-refractivity contribution < 1.29 is 9.53 Å². The number of unbranched alkanes of at least 4 members (excludes halogenated alkanes) is 3. The summed E-state index contributed by atoms with van der Waals surface area (Å²) in [6.07, 6.45) is 4.72. The lowest BCUT2D eigenvalue weighted by atomic mass is 9.86. The van der Waals surface area contributed by atoms with Crippen LogP contribution in [0.15, 0.2) is 63.7 Å². The van der Waals surface area contributed by atoms with Crippen LogP contribution < -0.4 is 15.4 Å². The van der Waals surface area contributed by atoms with Crippen molar-refractivity contribution >= 4 is 34.7 Å². The molecule has 1 atom stereocenters. The lowest BCUT2D eigenvalue weighted by Crippen LogP contribution is -2.30. The van der Waals surface area contributed by atoms with E-state index in [1.54, 1.807) is 36.3 Å². The van der Waals surface area contributed by atoms with Gasteiger partial charge in [0.15, 0.2) is 0 Å². The number of nitrogens with one attached hydrogen (secondary N) is 2. The third-order valence-corrected chi connectivity index (χ3v) is 7.36. The van der Waals surface area contributed by atoms with Crippen LogP contribution in [-0.2, 0) is 4.79 Å². The van der Waals surface area contributed by atoms with Crippen LogP contribution in [0.25, 0.3) is 0 Å². The summed E-state index contributed by atoms with van der Waals surface area (Å²) in [6, 6.07) is 13.7. The van der Waals surface area contributed by atoms with Gasteiger partial charge in [0.1, 0.15) is 5.75 Å². The van der Waals surface area contributed by atoms with E-state index in [4.69, 9.17) is 4.74 Å². The Morgan fingerprint density at radius 3 is 2.75 bits per heavy atom. The van der Waals surface area contributed by atoms with E-state index in [1.807, 2.05) is 42.6 Å². The van der Waals surface area contributed by atoms with Crippen LogP contribution in [0.2, 0.25) is 0 Å². The van der Waals surface area contributed by atoms with Crippen molar-refractivity contribution in [3.63, 3.8) is 0 Å². The Morgan fingerprint density at radius 1 is 1.25 bits per heavy atom. The van der Waals surface area contributed by atoms with Gasteiger partial charge in [-0.15, -0.1) is 23.1 Å². The van der Waals surface area contributed by atoms with E-state index in [9.17, 15) is 10.1 Å². The number of methoxy groups -OCH3 is 1. The van der Waals surface area contributed by atoms with Crippen molar-refractivity contribution in [3.05, 3.63) is 68.5 Å². The molecule has 0 fully saturated rings. The Balaban J connectivity index is 1.91. The zero-order valence-corrected chi connectivity index (χ0v) is 20.4. The highest BCUT2D eigenvalue weighted by Crippen LogP contribution is 2.42. The van der Waals surface area contributed by atoms with Gasteiger partial charge in [-0.1, -0.05) is 44.4 Å². The first kappa shape index (κ1) is 24.0. The zero-order valence-electron chi connectivity index (χ0n) is 18.7. The fourth-order valence-electron chi connectivity index (χ4n) is 3.71. The summed E-state index contributed by atoms with van der Waals surface area (Å²) in [4.78, 5) is 14.4. The van der Waals surface area contributed by atoms with Gasteiger partial charge in [0.25, 0.3) is 5.91 Å². The van der Waals surface area contributed by atoms with Gasteiger partial charge >= 0.3 is 0 Å². The number of hydrogen-bond acceptors (Lipinski definition) is 6. The van der Waals surface area contributed by atoms with Crippen LogP contribution in [0.4, 0.5) is 5.69 Å². The molecule has 1 aromatic carbocycles. The van der Waals surface area contributed by atoms with E-state index in [-0.39, 0.29) is 5.91 Å². The molecule has 168 valence electrons. The number of carbonyl (C=O) groups excluding carboxylic acids is 1. The number of amides is 1. The van der Waals surface area contributed by atoms with Gasteiger partial charge in [-0.3, -0.25) is 4.79 Å². The Bertz CT molecular complexity index is 1040. The molecule has 0 spiro atoms. The number of hydrogen-bond donors (Lipinski definition) is 2. The summed E-state index contributed by atoms with van der Waals surface area (Å²) in [5.74, 6) is 0.905. The molecule has 1 aliphatic heterocycles. The molecule has 1 amide bonds. The van der Waals surface area contributed by atoms with Crippen molar-refractivity contribution in [1.29, 1.82) is 5.26 Å². The minimum absolute atomic E-state index is 0.238. The Kier molecular flexibility index (Phi) is 8.83. The molecule has 5 nitrogen and oxygen atoms in total. The predicted octanol–water partition coefficient (Wildman–Crippen LogP) is 6.40. The first-order valence-corrected chi connectivity index (χ1v) is 12.7. The number of allylic oxidation sites excluding steroid dienone is 2. The minimum atomic E-state index is -0.394. The minimum Gasteiger partial charge on any atom is -0.495 e. The molecule has 2 aromatic rings. The maximum atomic E-state index is 13.5. The summed E-state index contributed by atoms with van der Waals surface area (Å²) in [7, 11) is 1.58. The van der Waals surface area contributed by atoms with Crippen LogP contribution in [-0.4, -0.2) is 18.8 Å². The number of ether oxygens (including phenoxy) is 1. The molecule has 0 aliphatic carbocycles. The highest BCUT2D eigenvalue weighted by atomic mass is 32.2. The Morgan fingerprint density at radius 2 is 2.06 bits per heavy atom. The monoisotopic (exact) mass is 467 g/mol. The van der Waals surface area contributed by atoms with Crippen molar-refractivity contribution in [2.75, 3.05) is 18.2 Å². The molecular formula is C25H29N3O2S2. The van der Waals surface area contributed by atoms with Gasteiger partial charge in [0, 0.05) is 16.1 Å². The highest BCUT2D eigenvalue weighted by Gasteiger charge is 2.35. The van der Waals surface area contributed by atoms with Crippen molar-refractivity contribution in [1.82, 2.24) is 5.32 Å². The average molecular weight is 468 g/mol. The summed E-state index contributed by atoms with van der Waals surface area (Å²) < 4.78 is 5.38. The molecule has 3 rings (SSSR count). The predicted molar refractivity (Wildman–Crippen MR) is 134 cm³/mol. The first-order valence-electron chi connectivity index (χ1n) is 10.8.